The molecule has 0 unspecified atom stereocenters. The minimum Gasteiger partial charge on any atom is -0.497 e. The van der Waals surface area contributed by atoms with E-state index in [9.17, 15) is 0 Å². The Kier molecular flexibility index (Phi) is 5.94. The molecule has 0 aliphatic rings. The second kappa shape index (κ2) is 7.96. The molecule has 0 bridgehead atoms. The highest BCUT2D eigenvalue weighted by molar-refractivity contribution is 8.01. The fourth-order valence-electron chi connectivity index (χ4n) is 1.45. The lowest BCUT2D eigenvalue weighted by Crippen LogP contribution is -1.98. The average molecular weight is 311 g/mol. The largest absolute Gasteiger partial charge is 0.497 e. The highest BCUT2D eigenvalue weighted by Crippen LogP contribution is 2.25. The average Bonchev–Trinajstić information content (AvgIpc) is 2.95. The first-order valence-electron chi connectivity index (χ1n) is 6.22. The lowest BCUT2D eigenvalue weighted by molar-refractivity contribution is 0.318. The summed E-state index contributed by atoms with van der Waals surface area (Å²) in [7, 11) is 3.50. The molecule has 0 amide bonds. The Labute approximate surface area is 126 Å². The number of nitrogens with one attached hydrogen (secondary N) is 1. The monoisotopic (exact) mass is 311 g/mol. The molecule has 0 saturated carbocycles. The Morgan fingerprint density at radius 3 is 2.60 bits per heavy atom. The van der Waals surface area contributed by atoms with Gasteiger partial charge in [0.05, 0.1) is 13.7 Å². The van der Waals surface area contributed by atoms with Crippen molar-refractivity contribution in [1.82, 2.24) is 10.2 Å². The van der Waals surface area contributed by atoms with Crippen molar-refractivity contribution in [3.63, 3.8) is 0 Å². The highest BCUT2D eigenvalue weighted by Gasteiger charge is 2.02. The number of methoxy groups -OCH3 is 1. The molecule has 1 heterocycles. The van der Waals surface area contributed by atoms with Gasteiger partial charge in [0.1, 0.15) is 11.5 Å². The molecular weight excluding hydrogens is 294 g/mol. The summed E-state index contributed by atoms with van der Waals surface area (Å²) < 4.78 is 11.7. The number of benzene rings is 1. The maximum Gasteiger partial charge on any atom is 0.206 e. The van der Waals surface area contributed by atoms with Gasteiger partial charge in [-0.2, -0.15) is 0 Å². The fraction of sp³-hybridized carbons (Fsp3) is 0.385. The first-order chi connectivity index (χ1) is 9.81. The Morgan fingerprint density at radius 1 is 1.20 bits per heavy atom. The summed E-state index contributed by atoms with van der Waals surface area (Å²) >= 11 is 3.27. The molecule has 1 aromatic heterocycles. The Morgan fingerprint density at radius 2 is 1.95 bits per heavy atom. The maximum atomic E-state index is 5.66. The van der Waals surface area contributed by atoms with Crippen molar-refractivity contribution in [3.05, 3.63) is 24.3 Å². The number of ether oxygens (including phenoxy) is 2. The summed E-state index contributed by atoms with van der Waals surface area (Å²) in [5.41, 5.74) is 0. The summed E-state index contributed by atoms with van der Waals surface area (Å²) in [6, 6.07) is 7.61. The number of aromatic nitrogens is 2. The van der Waals surface area contributed by atoms with Crippen molar-refractivity contribution in [2.24, 2.45) is 0 Å². The van der Waals surface area contributed by atoms with Crippen LogP contribution in [0.2, 0.25) is 0 Å². The predicted octanol–water partition coefficient (Wildman–Crippen LogP) is 3.15. The van der Waals surface area contributed by atoms with Crippen molar-refractivity contribution >= 4 is 28.2 Å². The van der Waals surface area contributed by atoms with E-state index < -0.39 is 0 Å². The molecule has 0 fully saturated rings. The molecule has 2 rings (SSSR count). The van der Waals surface area contributed by atoms with Crippen molar-refractivity contribution in [2.45, 2.75) is 10.8 Å². The van der Waals surface area contributed by atoms with Crippen molar-refractivity contribution < 1.29 is 9.47 Å². The van der Waals surface area contributed by atoms with E-state index in [4.69, 9.17) is 9.47 Å². The zero-order chi connectivity index (χ0) is 14.2. The highest BCUT2D eigenvalue weighted by atomic mass is 32.2. The molecule has 5 nitrogen and oxygen atoms in total. The minimum absolute atomic E-state index is 0.691. The third kappa shape index (κ3) is 4.57. The van der Waals surface area contributed by atoms with Crippen LogP contribution in [0.3, 0.4) is 0 Å². The molecule has 0 radical (unpaired) electrons. The van der Waals surface area contributed by atoms with Gasteiger partial charge in [-0.25, -0.2) is 0 Å². The van der Waals surface area contributed by atoms with Crippen LogP contribution >= 0.6 is 23.1 Å². The first kappa shape index (κ1) is 14.9. The van der Waals surface area contributed by atoms with Gasteiger partial charge in [-0.15, -0.1) is 10.2 Å². The molecule has 2 aromatic rings. The van der Waals surface area contributed by atoms with Crippen LogP contribution in [0.15, 0.2) is 28.6 Å². The number of thioether (sulfide) groups is 1. The van der Waals surface area contributed by atoms with Crippen LogP contribution in [0.25, 0.3) is 0 Å². The Hall–Kier alpha value is -1.47. The van der Waals surface area contributed by atoms with E-state index >= 15 is 0 Å². The number of hydrogen-bond acceptors (Lipinski definition) is 7. The standard InChI is InChI=1S/C13H17N3O2S2/c1-14-12-15-16-13(20-12)19-9-3-8-18-11-6-4-10(17-2)5-7-11/h4-7H,3,8-9H2,1-2H3,(H,14,15). The minimum atomic E-state index is 0.691. The van der Waals surface area contributed by atoms with Crippen molar-refractivity contribution in [1.29, 1.82) is 0 Å². The molecule has 20 heavy (non-hydrogen) atoms. The topological polar surface area (TPSA) is 56.3 Å². The Balaban J connectivity index is 1.63. The molecule has 0 atom stereocenters. The van der Waals surface area contributed by atoms with E-state index in [1.54, 1.807) is 30.2 Å². The number of hydrogen-bond donors (Lipinski definition) is 1. The van der Waals surface area contributed by atoms with Crippen LogP contribution in [-0.2, 0) is 0 Å². The summed E-state index contributed by atoms with van der Waals surface area (Å²) in [6.45, 7) is 0.691. The predicted molar refractivity (Wildman–Crippen MR) is 83.3 cm³/mol. The number of nitrogens with zero attached hydrogens (tertiary/aromatic N) is 2. The lowest BCUT2D eigenvalue weighted by Gasteiger charge is -2.06. The molecule has 7 heteroatoms. The summed E-state index contributed by atoms with van der Waals surface area (Å²) in [6.07, 6.45) is 0.963. The van der Waals surface area contributed by atoms with E-state index in [0.29, 0.717) is 6.61 Å². The van der Waals surface area contributed by atoms with Gasteiger partial charge in [0, 0.05) is 12.8 Å². The van der Waals surface area contributed by atoms with E-state index in [1.165, 1.54) is 0 Å². The van der Waals surface area contributed by atoms with Gasteiger partial charge in [0.2, 0.25) is 5.13 Å². The van der Waals surface area contributed by atoms with E-state index in [2.05, 4.69) is 15.5 Å². The van der Waals surface area contributed by atoms with Gasteiger partial charge in [-0.05, 0) is 30.7 Å². The van der Waals surface area contributed by atoms with E-state index in [-0.39, 0.29) is 0 Å². The normalized spacial score (nSPS) is 10.3. The van der Waals surface area contributed by atoms with Crippen LogP contribution < -0.4 is 14.8 Å². The van der Waals surface area contributed by atoms with Gasteiger partial charge in [0.25, 0.3) is 0 Å². The maximum absolute atomic E-state index is 5.66. The molecule has 0 aliphatic carbocycles. The van der Waals surface area contributed by atoms with Gasteiger partial charge in [-0.3, -0.25) is 0 Å². The third-order valence-electron chi connectivity index (χ3n) is 2.46. The SMILES string of the molecule is CNc1nnc(SCCCOc2ccc(OC)cc2)s1. The fourth-order valence-corrected chi connectivity index (χ4v) is 3.14. The molecule has 0 spiro atoms. The number of anilines is 1. The quantitative estimate of drug-likeness (QED) is 0.597. The molecular formula is C13H17N3O2S2. The first-order valence-corrected chi connectivity index (χ1v) is 8.03. The van der Waals surface area contributed by atoms with Crippen LogP contribution in [0, 0.1) is 0 Å². The van der Waals surface area contributed by atoms with Crippen molar-refractivity contribution in [2.75, 3.05) is 31.8 Å². The molecule has 108 valence electrons. The molecule has 1 N–H and O–H groups in total. The van der Waals surface area contributed by atoms with Gasteiger partial charge >= 0.3 is 0 Å². The third-order valence-corrected chi connectivity index (χ3v) is 4.62. The van der Waals surface area contributed by atoms with Crippen LogP contribution in [0.5, 0.6) is 11.5 Å². The molecule has 1 aromatic carbocycles. The van der Waals surface area contributed by atoms with E-state index in [0.717, 1.165) is 33.1 Å². The van der Waals surface area contributed by atoms with Gasteiger partial charge in [-0.1, -0.05) is 23.1 Å². The zero-order valence-corrected chi connectivity index (χ0v) is 13.1. The Bertz CT molecular complexity index is 517. The van der Waals surface area contributed by atoms with Crippen LogP contribution in [0.1, 0.15) is 6.42 Å². The summed E-state index contributed by atoms with van der Waals surface area (Å²) in [5, 5.41) is 11.9. The molecule has 0 aliphatic heterocycles. The summed E-state index contributed by atoms with van der Waals surface area (Å²) in [5.74, 6) is 2.67. The van der Waals surface area contributed by atoms with Crippen LogP contribution in [-0.4, -0.2) is 36.7 Å². The van der Waals surface area contributed by atoms with E-state index in [1.807, 2.05) is 31.3 Å². The lowest BCUT2D eigenvalue weighted by atomic mass is 10.3. The second-order valence-corrected chi connectivity index (χ2v) is 6.17. The van der Waals surface area contributed by atoms with Crippen LogP contribution in [0.4, 0.5) is 5.13 Å². The second-order valence-electron chi connectivity index (χ2n) is 3.85. The summed E-state index contributed by atoms with van der Waals surface area (Å²) in [4.78, 5) is 0. The van der Waals surface area contributed by atoms with Gasteiger partial charge in [0.15, 0.2) is 4.34 Å². The van der Waals surface area contributed by atoms with Gasteiger partial charge < -0.3 is 14.8 Å². The number of rotatable bonds is 8. The van der Waals surface area contributed by atoms with Crippen molar-refractivity contribution in [3.8, 4) is 11.5 Å². The zero-order valence-electron chi connectivity index (χ0n) is 11.5. The smallest absolute Gasteiger partial charge is 0.206 e. The molecule has 0 saturated heterocycles.